The molecule has 0 fully saturated rings. The molecule has 0 aliphatic rings. The minimum absolute atomic E-state index is 0.267. The second-order valence-corrected chi connectivity index (χ2v) is 5.04. The van der Waals surface area contributed by atoms with Crippen molar-refractivity contribution in [1.82, 2.24) is 0 Å². The van der Waals surface area contributed by atoms with Gasteiger partial charge in [-0.05, 0) is 6.42 Å². The van der Waals surface area contributed by atoms with Crippen molar-refractivity contribution in [1.29, 1.82) is 0 Å². The predicted molar refractivity (Wildman–Crippen MR) is 55.1 cm³/mol. The largest absolute Gasteiger partial charge is 0.229 e. The summed E-state index contributed by atoms with van der Waals surface area (Å²) >= 11 is 0. The summed E-state index contributed by atoms with van der Waals surface area (Å²) in [6.45, 7) is 8.99. The molecule has 0 radical (unpaired) electrons. The molecule has 3 heteroatoms. The third kappa shape index (κ3) is 12.4. The lowest BCUT2D eigenvalue weighted by Crippen LogP contribution is -2.04. The van der Waals surface area contributed by atoms with Gasteiger partial charge in [-0.15, -0.1) is 6.58 Å². The van der Waals surface area contributed by atoms with Gasteiger partial charge in [-0.25, -0.2) is 8.42 Å². The van der Waals surface area contributed by atoms with E-state index < -0.39 is 9.84 Å². The Balaban J connectivity index is 0. The van der Waals surface area contributed by atoms with E-state index in [4.69, 9.17) is 0 Å². The molecule has 0 rings (SSSR count). The number of hydrogen-bond donors (Lipinski definition) is 0. The highest BCUT2D eigenvalue weighted by atomic mass is 32.2. The van der Waals surface area contributed by atoms with Crippen LogP contribution in [0.1, 0.15) is 33.6 Å². The molecular formula is C9H20O2S. The Kier molecular flexibility index (Phi) is 10.4. The molecule has 0 amide bonds. The van der Waals surface area contributed by atoms with Crippen molar-refractivity contribution in [3.05, 3.63) is 12.7 Å². The van der Waals surface area contributed by atoms with Crippen LogP contribution in [-0.2, 0) is 9.84 Å². The predicted octanol–water partition coefficient (Wildman–Crippen LogP) is 2.41. The monoisotopic (exact) mass is 192 g/mol. The van der Waals surface area contributed by atoms with Crippen molar-refractivity contribution < 1.29 is 8.42 Å². The standard InChI is InChI=1S/C5H10.C4H10O2S/c1-3-5-4-2;1-3-7(5,6)4-2/h3H,1,4-5H2,2H3;3-4H2,1-2H3. The van der Waals surface area contributed by atoms with Crippen LogP contribution in [0.3, 0.4) is 0 Å². The van der Waals surface area contributed by atoms with Crippen molar-refractivity contribution in [2.45, 2.75) is 33.6 Å². The molecule has 0 aromatic rings. The van der Waals surface area contributed by atoms with E-state index in [1.165, 1.54) is 6.42 Å². The first-order chi connectivity index (χ1) is 5.54. The fraction of sp³-hybridized carbons (Fsp3) is 0.778. The van der Waals surface area contributed by atoms with E-state index in [1.807, 2.05) is 6.08 Å². The van der Waals surface area contributed by atoms with Gasteiger partial charge in [0.2, 0.25) is 0 Å². The quantitative estimate of drug-likeness (QED) is 0.641. The maximum atomic E-state index is 10.4. The molecule has 0 N–H and O–H groups in total. The van der Waals surface area contributed by atoms with Gasteiger partial charge in [-0.1, -0.05) is 33.3 Å². The fourth-order valence-corrected chi connectivity index (χ4v) is 0.816. The molecule has 0 heterocycles. The Morgan fingerprint density at radius 2 is 1.58 bits per heavy atom. The maximum absolute atomic E-state index is 10.4. The first-order valence-corrected chi connectivity index (χ1v) is 6.17. The van der Waals surface area contributed by atoms with Crippen LogP contribution in [0.5, 0.6) is 0 Å². The average Bonchev–Trinajstić information content (AvgIpc) is 2.07. The Labute approximate surface area is 76.6 Å². The van der Waals surface area contributed by atoms with Crippen molar-refractivity contribution in [3.63, 3.8) is 0 Å². The van der Waals surface area contributed by atoms with E-state index in [0.29, 0.717) is 0 Å². The van der Waals surface area contributed by atoms with Gasteiger partial charge in [-0.3, -0.25) is 0 Å². The van der Waals surface area contributed by atoms with Crippen molar-refractivity contribution >= 4 is 9.84 Å². The highest BCUT2D eigenvalue weighted by molar-refractivity contribution is 7.91. The number of rotatable bonds is 4. The van der Waals surface area contributed by atoms with Gasteiger partial charge in [0.1, 0.15) is 9.84 Å². The summed E-state index contributed by atoms with van der Waals surface area (Å²) in [5.41, 5.74) is 0. The van der Waals surface area contributed by atoms with E-state index in [9.17, 15) is 8.42 Å². The van der Waals surface area contributed by atoms with E-state index in [0.717, 1.165) is 6.42 Å². The average molecular weight is 192 g/mol. The van der Waals surface area contributed by atoms with Gasteiger partial charge >= 0.3 is 0 Å². The Morgan fingerprint density at radius 3 is 1.58 bits per heavy atom. The van der Waals surface area contributed by atoms with Gasteiger partial charge < -0.3 is 0 Å². The minimum Gasteiger partial charge on any atom is -0.229 e. The van der Waals surface area contributed by atoms with Crippen molar-refractivity contribution in [2.24, 2.45) is 0 Å². The number of allylic oxidation sites excluding steroid dienone is 1. The third-order valence-corrected chi connectivity index (χ3v) is 3.13. The summed E-state index contributed by atoms with van der Waals surface area (Å²) < 4.78 is 20.7. The number of unbranched alkanes of at least 4 members (excludes halogenated alkanes) is 1. The van der Waals surface area contributed by atoms with Crippen LogP contribution >= 0.6 is 0 Å². The zero-order valence-electron chi connectivity index (χ0n) is 8.34. The molecule has 0 aromatic carbocycles. The lowest BCUT2D eigenvalue weighted by Gasteiger charge is -1.89. The van der Waals surface area contributed by atoms with Gasteiger partial charge in [0.05, 0.1) is 0 Å². The SMILES string of the molecule is C=CCCC.CCS(=O)(=O)CC. The van der Waals surface area contributed by atoms with Gasteiger partial charge in [0.25, 0.3) is 0 Å². The zero-order chi connectivity index (χ0) is 10.0. The Hall–Kier alpha value is -0.310. The van der Waals surface area contributed by atoms with Crippen molar-refractivity contribution in [2.75, 3.05) is 11.5 Å². The van der Waals surface area contributed by atoms with E-state index in [2.05, 4.69) is 13.5 Å². The van der Waals surface area contributed by atoms with Gasteiger partial charge in [0, 0.05) is 11.5 Å². The second kappa shape index (κ2) is 8.78. The van der Waals surface area contributed by atoms with Crippen LogP contribution < -0.4 is 0 Å². The molecule has 0 saturated carbocycles. The first-order valence-electron chi connectivity index (χ1n) is 4.35. The molecule has 2 nitrogen and oxygen atoms in total. The zero-order valence-corrected chi connectivity index (χ0v) is 9.15. The minimum atomic E-state index is -2.66. The van der Waals surface area contributed by atoms with Crippen LogP contribution in [0.15, 0.2) is 12.7 Å². The topological polar surface area (TPSA) is 34.1 Å². The van der Waals surface area contributed by atoms with Crippen LogP contribution in [0.4, 0.5) is 0 Å². The Morgan fingerprint density at radius 1 is 1.17 bits per heavy atom. The van der Waals surface area contributed by atoms with Gasteiger partial charge in [-0.2, -0.15) is 0 Å². The van der Waals surface area contributed by atoms with Crippen LogP contribution in [0, 0.1) is 0 Å². The molecule has 0 saturated heterocycles. The summed E-state index contributed by atoms with van der Waals surface area (Å²) in [6.07, 6.45) is 4.31. The third-order valence-electron chi connectivity index (χ3n) is 1.37. The van der Waals surface area contributed by atoms with Gasteiger partial charge in [0.15, 0.2) is 0 Å². The fourth-order valence-electron chi connectivity index (χ4n) is 0.408. The molecule has 0 aliphatic heterocycles. The first kappa shape index (κ1) is 14.2. The summed E-state index contributed by atoms with van der Waals surface area (Å²) in [4.78, 5) is 0. The summed E-state index contributed by atoms with van der Waals surface area (Å²) in [5, 5.41) is 0. The van der Waals surface area contributed by atoms with Crippen molar-refractivity contribution in [3.8, 4) is 0 Å². The lowest BCUT2D eigenvalue weighted by atomic mass is 10.3. The Bertz CT molecular complexity index is 171. The van der Waals surface area contributed by atoms with E-state index in [1.54, 1.807) is 13.8 Å². The second-order valence-electron chi connectivity index (χ2n) is 2.40. The smallest absolute Gasteiger partial charge is 0.149 e. The van der Waals surface area contributed by atoms with Crippen LogP contribution in [0.2, 0.25) is 0 Å². The maximum Gasteiger partial charge on any atom is 0.149 e. The molecule has 0 bridgehead atoms. The highest BCUT2D eigenvalue weighted by Gasteiger charge is 1.99. The highest BCUT2D eigenvalue weighted by Crippen LogP contribution is 1.84. The summed E-state index contributed by atoms with van der Waals surface area (Å²) in [7, 11) is -2.66. The molecule has 74 valence electrons. The van der Waals surface area contributed by atoms with Crippen LogP contribution in [-0.4, -0.2) is 19.9 Å². The molecule has 0 spiro atoms. The lowest BCUT2D eigenvalue weighted by molar-refractivity contribution is 0.598. The summed E-state index contributed by atoms with van der Waals surface area (Å²) in [6, 6.07) is 0. The molecule has 0 atom stereocenters. The molecular weight excluding hydrogens is 172 g/mol. The molecule has 0 unspecified atom stereocenters. The molecule has 0 aromatic heterocycles. The van der Waals surface area contributed by atoms with E-state index >= 15 is 0 Å². The molecule has 0 aliphatic carbocycles. The number of hydrogen-bond acceptors (Lipinski definition) is 2. The van der Waals surface area contributed by atoms with Crippen LogP contribution in [0.25, 0.3) is 0 Å². The van der Waals surface area contributed by atoms with E-state index in [-0.39, 0.29) is 11.5 Å². The summed E-state index contributed by atoms with van der Waals surface area (Å²) in [5.74, 6) is 0.535. The number of sulfone groups is 1. The normalized spacial score (nSPS) is 9.92. The molecule has 12 heavy (non-hydrogen) atoms.